The number of nitrogens with zero attached hydrogens (tertiary/aromatic N) is 2. The van der Waals surface area contributed by atoms with Gasteiger partial charge in [-0.2, -0.15) is 13.2 Å². The smallest absolute Gasteiger partial charge is 0.416 e. The number of nitrogens with one attached hydrogen (secondary N) is 2. The molecule has 0 unspecified atom stereocenters. The molecule has 2 rings (SSSR count). The van der Waals surface area contributed by atoms with Gasteiger partial charge in [0.2, 0.25) is 5.13 Å². The predicted octanol–water partition coefficient (Wildman–Crippen LogP) is 2.29. The third-order valence-electron chi connectivity index (χ3n) is 2.70. The summed E-state index contributed by atoms with van der Waals surface area (Å²) in [5.41, 5.74) is -0.989. The lowest BCUT2D eigenvalue weighted by molar-refractivity contribution is -0.137. The first-order valence-corrected chi connectivity index (χ1v) is 8.93. The van der Waals surface area contributed by atoms with Crippen molar-refractivity contribution in [3.8, 4) is 0 Å². The Labute approximate surface area is 143 Å². The molecule has 0 aliphatic rings. The van der Waals surface area contributed by atoms with E-state index in [1.165, 1.54) is 6.07 Å². The van der Waals surface area contributed by atoms with E-state index in [9.17, 15) is 30.9 Å². The Morgan fingerprint density at radius 1 is 1.24 bits per heavy atom. The van der Waals surface area contributed by atoms with Crippen molar-refractivity contribution in [3.05, 3.63) is 34.8 Å². The van der Waals surface area contributed by atoms with Crippen LogP contribution in [0.25, 0.3) is 0 Å². The molecule has 136 valence electrons. The SMILES string of the molecule is O=C(Nc1cccc(C(F)(F)F)c1)Nc1nnc(CCS(=O)(=O)[O-])s1. The van der Waals surface area contributed by atoms with Gasteiger partial charge in [-0.3, -0.25) is 5.32 Å². The Hall–Kier alpha value is -2.25. The fourth-order valence-electron chi connectivity index (χ4n) is 1.65. The summed E-state index contributed by atoms with van der Waals surface area (Å²) >= 11 is 0.842. The number of aryl methyl sites for hydroxylation is 1. The molecule has 2 aromatic rings. The lowest BCUT2D eigenvalue weighted by Gasteiger charge is -2.09. The van der Waals surface area contributed by atoms with Gasteiger partial charge in [-0.25, -0.2) is 13.2 Å². The van der Waals surface area contributed by atoms with Crippen LogP contribution in [-0.2, 0) is 22.7 Å². The molecule has 0 atom stereocenters. The molecular formula is C12H10F3N4O4S2-. The Bertz CT molecular complexity index is 867. The second-order valence-corrected chi connectivity index (χ2v) is 7.26. The minimum atomic E-state index is -4.54. The summed E-state index contributed by atoms with van der Waals surface area (Å²) in [6.07, 6.45) is -4.69. The van der Waals surface area contributed by atoms with Crippen LogP contribution in [0.4, 0.5) is 28.8 Å². The molecule has 2 amide bonds. The molecule has 1 heterocycles. The molecule has 0 aliphatic carbocycles. The van der Waals surface area contributed by atoms with Crippen molar-refractivity contribution in [2.75, 3.05) is 16.4 Å². The molecule has 0 saturated heterocycles. The van der Waals surface area contributed by atoms with Gasteiger partial charge in [-0.05, 0) is 18.2 Å². The highest BCUT2D eigenvalue weighted by Gasteiger charge is 2.30. The van der Waals surface area contributed by atoms with Crippen molar-refractivity contribution in [2.24, 2.45) is 0 Å². The van der Waals surface area contributed by atoms with Crippen LogP contribution < -0.4 is 10.6 Å². The van der Waals surface area contributed by atoms with Crippen LogP contribution in [0.2, 0.25) is 0 Å². The zero-order valence-electron chi connectivity index (χ0n) is 12.2. The first-order valence-electron chi connectivity index (χ1n) is 6.54. The molecule has 0 fully saturated rings. The molecule has 0 spiro atoms. The van der Waals surface area contributed by atoms with E-state index in [0.29, 0.717) is 0 Å². The van der Waals surface area contributed by atoms with Gasteiger partial charge in [0.05, 0.1) is 15.7 Å². The summed E-state index contributed by atoms with van der Waals surface area (Å²) in [6.45, 7) is 0. The van der Waals surface area contributed by atoms with Crippen LogP contribution in [0, 0.1) is 0 Å². The molecule has 0 aliphatic heterocycles. The Morgan fingerprint density at radius 3 is 2.60 bits per heavy atom. The van der Waals surface area contributed by atoms with Crippen molar-refractivity contribution in [1.29, 1.82) is 0 Å². The third-order valence-corrected chi connectivity index (χ3v) is 4.30. The van der Waals surface area contributed by atoms with Gasteiger partial charge in [0.15, 0.2) is 0 Å². The number of carbonyl (C=O) groups is 1. The summed E-state index contributed by atoms with van der Waals surface area (Å²) in [4.78, 5) is 11.8. The van der Waals surface area contributed by atoms with Crippen LogP contribution in [0.3, 0.4) is 0 Å². The van der Waals surface area contributed by atoms with Crippen LogP contribution >= 0.6 is 11.3 Å². The first kappa shape index (κ1) is 19.1. The largest absolute Gasteiger partial charge is 0.748 e. The maximum Gasteiger partial charge on any atom is 0.416 e. The highest BCUT2D eigenvalue weighted by atomic mass is 32.2. The van der Waals surface area contributed by atoms with E-state index in [1.807, 2.05) is 0 Å². The second kappa shape index (κ2) is 7.33. The average Bonchev–Trinajstić information content (AvgIpc) is 2.91. The highest BCUT2D eigenvalue weighted by Crippen LogP contribution is 2.30. The lowest BCUT2D eigenvalue weighted by Crippen LogP contribution is -2.19. The number of carbonyl (C=O) groups excluding carboxylic acids is 1. The van der Waals surface area contributed by atoms with Crippen LogP contribution in [-0.4, -0.2) is 35.0 Å². The van der Waals surface area contributed by atoms with E-state index in [4.69, 9.17) is 0 Å². The summed E-state index contributed by atoms with van der Waals surface area (Å²) in [5.74, 6) is -0.655. The van der Waals surface area contributed by atoms with Gasteiger partial charge in [0.1, 0.15) is 5.01 Å². The minimum Gasteiger partial charge on any atom is -0.748 e. The van der Waals surface area contributed by atoms with Gasteiger partial charge in [0.25, 0.3) is 0 Å². The fraction of sp³-hybridized carbons (Fsp3) is 0.250. The van der Waals surface area contributed by atoms with E-state index < -0.39 is 33.6 Å². The summed E-state index contributed by atoms with van der Waals surface area (Å²) in [7, 11) is -4.40. The van der Waals surface area contributed by atoms with Gasteiger partial charge >= 0.3 is 12.2 Å². The minimum absolute atomic E-state index is 0.00257. The molecular weight excluding hydrogens is 385 g/mol. The van der Waals surface area contributed by atoms with E-state index in [2.05, 4.69) is 20.8 Å². The van der Waals surface area contributed by atoms with Crippen molar-refractivity contribution >= 4 is 38.3 Å². The van der Waals surface area contributed by atoms with Gasteiger partial charge in [-0.15, -0.1) is 10.2 Å². The topological polar surface area (TPSA) is 124 Å². The summed E-state index contributed by atoms with van der Waals surface area (Å²) < 4.78 is 69.4. The van der Waals surface area contributed by atoms with Gasteiger partial charge < -0.3 is 9.87 Å². The first-order chi connectivity index (χ1) is 11.5. The van der Waals surface area contributed by atoms with Crippen molar-refractivity contribution in [1.82, 2.24) is 10.2 Å². The van der Waals surface area contributed by atoms with Crippen molar-refractivity contribution < 1.29 is 30.9 Å². The summed E-state index contributed by atoms with van der Waals surface area (Å²) in [5, 5.41) is 11.9. The monoisotopic (exact) mass is 395 g/mol. The molecule has 13 heteroatoms. The standard InChI is InChI=1S/C12H11F3N4O4S2/c13-12(14,15)7-2-1-3-8(6-7)16-10(20)17-11-19-18-9(24-11)4-5-25(21,22)23/h1-3,6H,4-5H2,(H,21,22,23)(H2,16,17,19,20)/p-1. The number of amides is 2. The van der Waals surface area contributed by atoms with Gasteiger partial charge in [-0.1, -0.05) is 17.4 Å². The molecule has 0 saturated carbocycles. The lowest BCUT2D eigenvalue weighted by atomic mass is 10.2. The Balaban J connectivity index is 1.96. The molecule has 1 aromatic carbocycles. The van der Waals surface area contributed by atoms with E-state index in [-0.39, 0.29) is 22.2 Å². The zero-order valence-corrected chi connectivity index (χ0v) is 13.8. The quantitative estimate of drug-likeness (QED) is 0.749. The van der Waals surface area contributed by atoms with E-state index in [0.717, 1.165) is 29.5 Å². The molecule has 25 heavy (non-hydrogen) atoms. The van der Waals surface area contributed by atoms with Crippen LogP contribution in [0.15, 0.2) is 24.3 Å². The number of aromatic nitrogens is 2. The van der Waals surface area contributed by atoms with Gasteiger partial charge in [0, 0.05) is 17.9 Å². The van der Waals surface area contributed by atoms with Crippen molar-refractivity contribution in [2.45, 2.75) is 12.6 Å². The second-order valence-electron chi connectivity index (χ2n) is 4.67. The van der Waals surface area contributed by atoms with E-state index >= 15 is 0 Å². The van der Waals surface area contributed by atoms with Crippen LogP contribution in [0.1, 0.15) is 10.6 Å². The normalized spacial score (nSPS) is 12.0. The number of rotatable bonds is 5. The zero-order chi connectivity index (χ0) is 18.7. The summed E-state index contributed by atoms with van der Waals surface area (Å²) in [6, 6.07) is 3.21. The molecule has 0 bridgehead atoms. The predicted molar refractivity (Wildman–Crippen MR) is 82.3 cm³/mol. The number of benzene rings is 1. The highest BCUT2D eigenvalue weighted by molar-refractivity contribution is 7.85. The van der Waals surface area contributed by atoms with Crippen LogP contribution in [0.5, 0.6) is 0 Å². The number of halogens is 3. The average molecular weight is 395 g/mol. The maximum atomic E-state index is 12.6. The van der Waals surface area contributed by atoms with Crippen molar-refractivity contribution in [3.63, 3.8) is 0 Å². The number of hydrogen-bond donors (Lipinski definition) is 2. The fourth-order valence-corrected chi connectivity index (χ4v) is 2.96. The molecule has 0 radical (unpaired) electrons. The maximum absolute atomic E-state index is 12.6. The number of hydrogen-bond acceptors (Lipinski definition) is 7. The molecule has 2 N–H and O–H groups in total. The number of alkyl halides is 3. The molecule has 8 nitrogen and oxygen atoms in total. The molecule has 1 aromatic heterocycles. The Morgan fingerprint density at radius 2 is 1.96 bits per heavy atom. The number of urea groups is 1. The van der Waals surface area contributed by atoms with E-state index in [1.54, 1.807) is 0 Å². The number of anilines is 2. The Kier molecular flexibility index (Phi) is 5.59. The third kappa shape index (κ3) is 6.28.